The molecule has 2 aliphatic carbocycles. The molecule has 1 saturated carbocycles. The molecule has 24 heavy (non-hydrogen) atoms. The zero-order valence-corrected chi connectivity index (χ0v) is 15.1. The van der Waals surface area contributed by atoms with Crippen LogP contribution in [0.25, 0.3) is 10.2 Å². The van der Waals surface area contributed by atoms with Crippen molar-refractivity contribution in [1.29, 1.82) is 0 Å². The first-order valence-corrected chi connectivity index (χ1v) is 10.6. The predicted molar refractivity (Wildman–Crippen MR) is 100 cm³/mol. The summed E-state index contributed by atoms with van der Waals surface area (Å²) in [5, 5.41) is 5.40. The van der Waals surface area contributed by atoms with Crippen molar-refractivity contribution in [2.45, 2.75) is 62.8 Å². The molecule has 2 aromatic rings. The minimum Gasteiger partial charge on any atom is -0.360 e. The lowest BCUT2D eigenvalue weighted by Crippen LogP contribution is -2.36. The van der Waals surface area contributed by atoms with Gasteiger partial charge in [-0.05, 0) is 37.7 Å². The molecule has 0 spiro atoms. The third kappa shape index (κ3) is 2.49. The average molecular weight is 361 g/mol. The fraction of sp³-hybridized carbons (Fsp3) is 0.588. The van der Waals surface area contributed by atoms with Crippen LogP contribution in [0.2, 0.25) is 0 Å². The van der Waals surface area contributed by atoms with E-state index in [9.17, 15) is 4.79 Å². The Labute approximate surface area is 148 Å². The molecule has 0 bridgehead atoms. The number of rotatable bonds is 2. The fourth-order valence-electron chi connectivity index (χ4n) is 4.11. The largest absolute Gasteiger partial charge is 0.360 e. The smallest absolute Gasteiger partial charge is 0.259 e. The van der Waals surface area contributed by atoms with Gasteiger partial charge in [0, 0.05) is 4.88 Å². The van der Waals surface area contributed by atoms with Crippen LogP contribution in [-0.2, 0) is 18.6 Å². The van der Waals surface area contributed by atoms with Crippen LogP contribution in [0.5, 0.6) is 0 Å². The molecular formula is C17H20N4OS2. The van der Waals surface area contributed by atoms with Crippen molar-refractivity contribution < 1.29 is 0 Å². The van der Waals surface area contributed by atoms with Gasteiger partial charge in [0.2, 0.25) is 0 Å². The molecule has 0 radical (unpaired) electrons. The Bertz CT molecular complexity index is 885. The van der Waals surface area contributed by atoms with Crippen molar-refractivity contribution in [3.8, 4) is 0 Å². The van der Waals surface area contributed by atoms with Gasteiger partial charge in [-0.3, -0.25) is 9.79 Å². The quantitative estimate of drug-likeness (QED) is 0.864. The van der Waals surface area contributed by atoms with Crippen molar-refractivity contribution in [1.82, 2.24) is 15.3 Å². The Morgan fingerprint density at radius 1 is 1.21 bits per heavy atom. The minimum absolute atomic E-state index is 0.0324. The molecule has 2 atom stereocenters. The first kappa shape index (κ1) is 15.0. The second-order valence-electron chi connectivity index (χ2n) is 6.88. The van der Waals surface area contributed by atoms with Crippen molar-refractivity contribution >= 4 is 38.5 Å². The summed E-state index contributed by atoms with van der Waals surface area (Å²) < 4.78 is 0. The van der Waals surface area contributed by atoms with Crippen molar-refractivity contribution in [2.75, 3.05) is 0 Å². The van der Waals surface area contributed by atoms with Gasteiger partial charge in [0.1, 0.15) is 10.7 Å². The molecule has 2 aromatic heterocycles. The number of thiophene rings is 1. The molecule has 0 amide bonds. The van der Waals surface area contributed by atoms with Gasteiger partial charge in [0.25, 0.3) is 5.56 Å². The van der Waals surface area contributed by atoms with E-state index in [0.29, 0.717) is 17.8 Å². The van der Waals surface area contributed by atoms with E-state index in [1.807, 2.05) is 0 Å². The molecule has 126 valence electrons. The lowest BCUT2D eigenvalue weighted by atomic mass is 9.92. The number of aromatic amines is 1. The summed E-state index contributed by atoms with van der Waals surface area (Å²) in [6, 6.07) is 0.979. The summed E-state index contributed by atoms with van der Waals surface area (Å²) in [6.45, 7) is 0. The summed E-state index contributed by atoms with van der Waals surface area (Å²) in [5.74, 6) is 1.43. The van der Waals surface area contributed by atoms with Gasteiger partial charge in [0.15, 0.2) is 5.17 Å². The van der Waals surface area contributed by atoms with Crippen molar-refractivity contribution in [2.24, 2.45) is 4.99 Å². The van der Waals surface area contributed by atoms with Crippen LogP contribution < -0.4 is 10.9 Å². The lowest BCUT2D eigenvalue weighted by Gasteiger charge is -2.23. The number of aryl methyl sites for hydroxylation is 2. The third-order valence-electron chi connectivity index (χ3n) is 5.29. The summed E-state index contributed by atoms with van der Waals surface area (Å²) in [4.78, 5) is 27.2. The van der Waals surface area contributed by atoms with Gasteiger partial charge in [0.05, 0.1) is 23.2 Å². The number of fused-ring (bicyclic) bond motifs is 4. The van der Waals surface area contributed by atoms with E-state index < -0.39 is 0 Å². The maximum Gasteiger partial charge on any atom is 0.259 e. The van der Waals surface area contributed by atoms with Crippen LogP contribution in [0.3, 0.4) is 0 Å². The third-order valence-corrected chi connectivity index (χ3v) is 7.39. The molecule has 0 unspecified atom stereocenters. The average Bonchev–Trinajstić information content (AvgIpc) is 3.25. The van der Waals surface area contributed by atoms with E-state index in [0.717, 1.165) is 34.1 Å². The maximum absolute atomic E-state index is 12.5. The Morgan fingerprint density at radius 2 is 2.12 bits per heavy atom. The Balaban J connectivity index is 1.35. The second kappa shape index (κ2) is 5.88. The number of nitrogens with zero attached hydrogens (tertiary/aromatic N) is 2. The SMILES string of the molecule is O=c1[nH]c(CSC2=N[C@@H]3CCCC[C@H]3N2)nc2sc3c(c12)CCC3. The van der Waals surface area contributed by atoms with E-state index in [4.69, 9.17) is 9.98 Å². The molecule has 5 nitrogen and oxygen atoms in total. The van der Waals surface area contributed by atoms with E-state index >= 15 is 0 Å². The van der Waals surface area contributed by atoms with Crippen LogP contribution in [0, 0.1) is 0 Å². The Morgan fingerprint density at radius 3 is 3.04 bits per heavy atom. The van der Waals surface area contributed by atoms with Crippen LogP contribution in [0.15, 0.2) is 9.79 Å². The number of amidine groups is 1. The highest BCUT2D eigenvalue weighted by Crippen LogP contribution is 2.34. The highest BCUT2D eigenvalue weighted by Gasteiger charge is 2.31. The fourth-order valence-corrected chi connectivity index (χ4v) is 6.25. The van der Waals surface area contributed by atoms with Crippen LogP contribution in [0.1, 0.15) is 48.4 Å². The van der Waals surface area contributed by atoms with Crippen molar-refractivity contribution in [3.05, 3.63) is 26.6 Å². The zero-order chi connectivity index (χ0) is 16.1. The number of hydrogen-bond acceptors (Lipinski definition) is 6. The number of H-pyrrole nitrogens is 1. The first-order chi connectivity index (χ1) is 11.8. The number of aliphatic imine (C=N–C) groups is 1. The molecule has 3 heterocycles. The summed E-state index contributed by atoms with van der Waals surface area (Å²) in [7, 11) is 0. The molecule has 1 aliphatic heterocycles. The molecule has 5 rings (SSSR count). The highest BCUT2D eigenvalue weighted by atomic mass is 32.2. The van der Waals surface area contributed by atoms with E-state index in [1.165, 1.54) is 42.5 Å². The molecule has 7 heteroatoms. The van der Waals surface area contributed by atoms with E-state index in [2.05, 4.69) is 10.3 Å². The van der Waals surface area contributed by atoms with Crippen molar-refractivity contribution in [3.63, 3.8) is 0 Å². The zero-order valence-electron chi connectivity index (χ0n) is 13.4. The number of thioether (sulfide) groups is 1. The lowest BCUT2D eigenvalue weighted by molar-refractivity contribution is 0.385. The first-order valence-electron chi connectivity index (χ1n) is 8.78. The molecular weight excluding hydrogens is 340 g/mol. The van der Waals surface area contributed by atoms with Crippen LogP contribution in [0.4, 0.5) is 0 Å². The van der Waals surface area contributed by atoms with Gasteiger partial charge in [-0.15, -0.1) is 11.3 Å². The number of hydrogen-bond donors (Lipinski definition) is 2. The van der Waals surface area contributed by atoms with E-state index in [-0.39, 0.29) is 5.56 Å². The molecule has 0 saturated heterocycles. The maximum atomic E-state index is 12.5. The monoisotopic (exact) mass is 360 g/mol. The number of aromatic nitrogens is 2. The standard InChI is InChI=1S/C17H20N4OS2/c22-15-14-9-4-3-7-12(9)24-16(14)21-13(20-15)8-23-17-18-10-5-1-2-6-11(10)19-17/h10-11H,1-8H2,(H,18,19)(H,20,21,22)/t10-,11-/m1/s1. The van der Waals surface area contributed by atoms with Gasteiger partial charge in [-0.2, -0.15) is 0 Å². The normalized spacial score (nSPS) is 25.4. The summed E-state index contributed by atoms with van der Waals surface area (Å²) in [5.41, 5.74) is 1.28. The van der Waals surface area contributed by atoms with Gasteiger partial charge in [-0.25, -0.2) is 4.98 Å². The van der Waals surface area contributed by atoms with Crippen LogP contribution >= 0.6 is 23.1 Å². The predicted octanol–water partition coefficient (Wildman–Crippen LogP) is 2.98. The molecule has 1 fully saturated rings. The van der Waals surface area contributed by atoms with Crippen LogP contribution in [-0.4, -0.2) is 27.2 Å². The van der Waals surface area contributed by atoms with E-state index in [1.54, 1.807) is 23.1 Å². The molecule has 2 N–H and O–H groups in total. The number of nitrogens with one attached hydrogen (secondary N) is 2. The molecule has 3 aliphatic rings. The molecule has 0 aromatic carbocycles. The highest BCUT2D eigenvalue weighted by molar-refractivity contribution is 8.13. The summed E-state index contributed by atoms with van der Waals surface area (Å²) in [6.07, 6.45) is 8.31. The van der Waals surface area contributed by atoms with Gasteiger partial charge < -0.3 is 10.3 Å². The second-order valence-corrected chi connectivity index (χ2v) is 8.92. The van der Waals surface area contributed by atoms with Gasteiger partial charge >= 0.3 is 0 Å². The summed E-state index contributed by atoms with van der Waals surface area (Å²) >= 11 is 3.36. The Kier molecular flexibility index (Phi) is 3.66. The van der Waals surface area contributed by atoms with Gasteiger partial charge in [-0.1, -0.05) is 24.6 Å². The topological polar surface area (TPSA) is 70.1 Å². The minimum atomic E-state index is 0.0324. The Hall–Kier alpha value is -1.34.